The summed E-state index contributed by atoms with van der Waals surface area (Å²) in [5.74, 6) is -1.37. The maximum atomic E-state index is 12.6. The zero-order chi connectivity index (χ0) is 22.5. The molecule has 5 N–H and O–H groups in total. The molecule has 1 atom stereocenters. The number of benzene rings is 1. The molecule has 0 fully saturated rings. The zero-order valence-corrected chi connectivity index (χ0v) is 17.8. The van der Waals surface area contributed by atoms with Crippen molar-refractivity contribution in [3.63, 3.8) is 0 Å². The number of hydrogen-bond donors (Lipinski definition) is 4. The topological polar surface area (TPSA) is 161 Å². The first-order chi connectivity index (χ1) is 14.0. The quantitative estimate of drug-likeness (QED) is 0.432. The van der Waals surface area contributed by atoms with Crippen LogP contribution in [0.4, 0.5) is 0 Å². The fourth-order valence-corrected chi connectivity index (χ4v) is 3.88. The molecule has 0 aliphatic carbocycles. The molecule has 1 aromatic carbocycles. The summed E-state index contributed by atoms with van der Waals surface area (Å²) >= 11 is 5.76. The minimum Gasteiger partial charge on any atom is -0.466 e. The number of hydrazine groups is 1. The van der Waals surface area contributed by atoms with Crippen LogP contribution in [0.1, 0.15) is 34.7 Å². The summed E-state index contributed by atoms with van der Waals surface area (Å²) in [5.41, 5.74) is 9.65. The molecule has 0 spiro atoms. The van der Waals surface area contributed by atoms with Gasteiger partial charge in [0.1, 0.15) is 17.6 Å². The number of furan rings is 1. The van der Waals surface area contributed by atoms with E-state index in [2.05, 4.69) is 15.6 Å². The van der Waals surface area contributed by atoms with Crippen LogP contribution in [0, 0.1) is 13.8 Å². The van der Waals surface area contributed by atoms with Gasteiger partial charge in [0.05, 0.1) is 10.5 Å². The number of sulfonamides is 1. The van der Waals surface area contributed by atoms with Crippen molar-refractivity contribution in [2.24, 2.45) is 5.73 Å². The van der Waals surface area contributed by atoms with Crippen molar-refractivity contribution in [1.82, 2.24) is 15.6 Å². The van der Waals surface area contributed by atoms with Gasteiger partial charge >= 0.3 is 0 Å². The number of nitrogens with one attached hydrogen (secondary N) is 3. The molecule has 3 amide bonds. The Hall–Kier alpha value is -2.89. The summed E-state index contributed by atoms with van der Waals surface area (Å²) in [6.07, 6.45) is -0.469. The molecule has 30 heavy (non-hydrogen) atoms. The van der Waals surface area contributed by atoms with E-state index in [0.29, 0.717) is 16.5 Å². The monoisotopic (exact) mass is 456 g/mol. The molecule has 0 bridgehead atoms. The third-order valence-electron chi connectivity index (χ3n) is 4.00. The van der Waals surface area contributed by atoms with Gasteiger partial charge in [-0.05, 0) is 50.6 Å². The highest BCUT2D eigenvalue weighted by Crippen LogP contribution is 2.15. The van der Waals surface area contributed by atoms with Crippen LogP contribution in [-0.4, -0.2) is 32.2 Å². The molecule has 0 saturated carbocycles. The molecule has 0 unspecified atom stereocenters. The summed E-state index contributed by atoms with van der Waals surface area (Å²) in [7, 11) is -4.11. The predicted molar refractivity (Wildman–Crippen MR) is 108 cm³/mol. The maximum absolute atomic E-state index is 12.6. The number of carbonyl (C=O) groups is 3. The largest absolute Gasteiger partial charge is 0.466 e. The van der Waals surface area contributed by atoms with Gasteiger partial charge in [0.15, 0.2) is 0 Å². The highest BCUT2D eigenvalue weighted by atomic mass is 35.5. The van der Waals surface area contributed by atoms with E-state index in [9.17, 15) is 22.8 Å². The van der Waals surface area contributed by atoms with Crippen molar-refractivity contribution < 1.29 is 27.2 Å². The second-order valence-electron chi connectivity index (χ2n) is 6.40. The summed E-state index contributed by atoms with van der Waals surface area (Å²) in [6.45, 7) is 3.24. The van der Waals surface area contributed by atoms with E-state index >= 15 is 0 Å². The lowest BCUT2D eigenvalue weighted by Crippen LogP contribution is -2.52. The first-order valence-electron chi connectivity index (χ1n) is 8.73. The third kappa shape index (κ3) is 6.31. The lowest BCUT2D eigenvalue weighted by atomic mass is 10.1. The number of primary amides is 1. The van der Waals surface area contributed by atoms with Crippen molar-refractivity contribution in [2.75, 3.05) is 0 Å². The summed E-state index contributed by atoms with van der Waals surface area (Å²) in [5, 5.41) is 0.337. The Morgan fingerprint density at radius 1 is 1.13 bits per heavy atom. The number of hydrogen-bond acceptors (Lipinski definition) is 6. The van der Waals surface area contributed by atoms with Crippen LogP contribution in [0.2, 0.25) is 5.02 Å². The number of halogens is 1. The Morgan fingerprint density at radius 2 is 1.77 bits per heavy atom. The van der Waals surface area contributed by atoms with Gasteiger partial charge in [-0.3, -0.25) is 25.2 Å². The van der Waals surface area contributed by atoms with Crippen molar-refractivity contribution in [1.29, 1.82) is 0 Å². The molecule has 0 saturated heterocycles. The maximum Gasteiger partial charge on any atom is 0.273 e. The number of rotatable bonds is 8. The summed E-state index contributed by atoms with van der Waals surface area (Å²) in [4.78, 5) is 35.7. The van der Waals surface area contributed by atoms with E-state index in [0.717, 1.165) is 0 Å². The smallest absolute Gasteiger partial charge is 0.273 e. The van der Waals surface area contributed by atoms with Crippen molar-refractivity contribution in [2.45, 2.75) is 37.6 Å². The first-order valence-corrected chi connectivity index (χ1v) is 10.6. The van der Waals surface area contributed by atoms with Crippen LogP contribution < -0.4 is 21.3 Å². The Labute approximate surface area is 178 Å². The van der Waals surface area contributed by atoms with Gasteiger partial charge < -0.3 is 10.2 Å². The molecule has 2 aromatic rings. The molecule has 1 aromatic heterocycles. The van der Waals surface area contributed by atoms with Gasteiger partial charge in [-0.1, -0.05) is 11.6 Å². The predicted octanol–water partition coefficient (Wildman–Crippen LogP) is 0.923. The molecule has 0 radical (unpaired) electrons. The Kier molecular flexibility index (Phi) is 7.59. The van der Waals surface area contributed by atoms with Gasteiger partial charge in [0.25, 0.3) is 11.8 Å². The van der Waals surface area contributed by atoms with E-state index < -0.39 is 33.8 Å². The third-order valence-corrected chi connectivity index (χ3v) is 5.74. The Morgan fingerprint density at radius 3 is 2.30 bits per heavy atom. The van der Waals surface area contributed by atoms with Crippen LogP contribution >= 0.6 is 11.6 Å². The van der Waals surface area contributed by atoms with Gasteiger partial charge in [0, 0.05) is 11.4 Å². The standard InChI is InChI=1S/C18H21ClN4O6S/c1-10-9-14(11(2)29-10)17(25)21-22-18(26)15(7-8-16(20)24)23-30(27,28)13-5-3-12(19)4-6-13/h3-6,9,15,23H,7-8H2,1-2H3,(H2,20,24)(H,21,25)(H,22,26)/t15-/m1/s1. The van der Waals surface area contributed by atoms with Gasteiger partial charge in [0.2, 0.25) is 15.9 Å². The molecule has 0 aliphatic rings. The number of carbonyl (C=O) groups excluding carboxylic acids is 3. The van der Waals surface area contributed by atoms with E-state index in [1.165, 1.54) is 30.3 Å². The SMILES string of the molecule is Cc1cc(C(=O)NNC(=O)[C@@H](CCC(N)=O)NS(=O)(=O)c2ccc(Cl)cc2)c(C)o1. The average Bonchev–Trinajstić information content (AvgIpc) is 3.01. The molecule has 10 nitrogen and oxygen atoms in total. The second kappa shape index (κ2) is 9.74. The Bertz CT molecular complexity index is 1050. The van der Waals surface area contributed by atoms with E-state index in [1.807, 2.05) is 0 Å². The van der Waals surface area contributed by atoms with Crippen LogP contribution in [-0.2, 0) is 19.6 Å². The van der Waals surface area contributed by atoms with Gasteiger partial charge in [-0.25, -0.2) is 8.42 Å². The average molecular weight is 457 g/mol. The molecule has 2 rings (SSSR count). The molecule has 162 valence electrons. The lowest BCUT2D eigenvalue weighted by Gasteiger charge is -2.18. The number of nitrogens with two attached hydrogens (primary N) is 1. The summed E-state index contributed by atoms with van der Waals surface area (Å²) < 4.78 is 32.6. The minimum atomic E-state index is -4.11. The zero-order valence-electron chi connectivity index (χ0n) is 16.2. The normalized spacial score (nSPS) is 12.2. The second-order valence-corrected chi connectivity index (χ2v) is 8.55. The molecule has 0 aliphatic heterocycles. The van der Waals surface area contributed by atoms with Crippen molar-refractivity contribution >= 4 is 39.3 Å². The molecular weight excluding hydrogens is 436 g/mol. The van der Waals surface area contributed by atoms with Crippen molar-refractivity contribution in [3.8, 4) is 0 Å². The van der Waals surface area contributed by atoms with Gasteiger partial charge in [-0.15, -0.1) is 0 Å². The van der Waals surface area contributed by atoms with E-state index in [1.54, 1.807) is 13.8 Å². The first kappa shape index (κ1) is 23.4. The highest BCUT2D eigenvalue weighted by molar-refractivity contribution is 7.89. The molecule has 1 heterocycles. The lowest BCUT2D eigenvalue weighted by molar-refractivity contribution is -0.124. The van der Waals surface area contributed by atoms with Crippen LogP contribution in [0.3, 0.4) is 0 Å². The number of amides is 3. The van der Waals surface area contributed by atoms with E-state index in [-0.39, 0.29) is 23.3 Å². The fourth-order valence-electron chi connectivity index (χ4n) is 2.53. The number of aryl methyl sites for hydroxylation is 2. The van der Waals surface area contributed by atoms with Crippen LogP contribution in [0.15, 0.2) is 39.6 Å². The highest BCUT2D eigenvalue weighted by Gasteiger charge is 2.27. The van der Waals surface area contributed by atoms with Crippen LogP contribution in [0.5, 0.6) is 0 Å². The summed E-state index contributed by atoms with van der Waals surface area (Å²) in [6, 6.07) is 5.41. The van der Waals surface area contributed by atoms with Gasteiger partial charge in [-0.2, -0.15) is 4.72 Å². The van der Waals surface area contributed by atoms with E-state index in [4.69, 9.17) is 21.8 Å². The Balaban J connectivity index is 2.11. The molecular formula is C18H21ClN4O6S. The minimum absolute atomic E-state index is 0.127. The van der Waals surface area contributed by atoms with Crippen molar-refractivity contribution in [3.05, 3.63) is 52.4 Å². The molecule has 12 heteroatoms. The fraction of sp³-hybridized carbons (Fsp3) is 0.278. The van der Waals surface area contributed by atoms with Crippen LogP contribution in [0.25, 0.3) is 0 Å².